The summed E-state index contributed by atoms with van der Waals surface area (Å²) >= 11 is 0. The van der Waals surface area contributed by atoms with E-state index in [0.29, 0.717) is 77.0 Å². The number of alkyl halides is 12. The average Bonchev–Trinajstić information content (AvgIpc) is 1.50. The Kier molecular flexibility index (Phi) is 11.2. The first-order valence-electron chi connectivity index (χ1n) is 25.7. The minimum atomic E-state index is -5.90. The molecule has 0 aliphatic carbocycles. The zero-order valence-corrected chi connectivity index (χ0v) is 43.1. The fourth-order valence-corrected chi connectivity index (χ4v) is 11.8. The lowest BCUT2D eigenvalue weighted by molar-refractivity contribution is -0.290. The molecule has 0 atom stereocenters. The van der Waals surface area contributed by atoms with Crippen molar-refractivity contribution < 1.29 is 70.4 Å². The zero-order valence-electron chi connectivity index (χ0n) is 43.1. The largest absolute Gasteiger partial charge is 0.441 e. The first-order valence-corrected chi connectivity index (χ1v) is 25.7. The summed E-state index contributed by atoms with van der Waals surface area (Å²) in [5.74, 6) is 0.280. The number of hydrogen-bond donors (Lipinski definition) is 0. The summed E-state index contributed by atoms with van der Waals surface area (Å²) < 4.78 is 206. The molecule has 8 nitrogen and oxygen atoms in total. The molecule has 0 bridgehead atoms. The lowest BCUT2D eigenvalue weighted by atomic mass is 9.72. The van der Waals surface area contributed by atoms with Gasteiger partial charge >= 0.3 is 24.7 Å². The van der Waals surface area contributed by atoms with Gasteiger partial charge in [-0.2, -0.15) is 52.7 Å². The number of oxazole rings is 4. The first kappa shape index (κ1) is 52.4. The summed E-state index contributed by atoms with van der Waals surface area (Å²) in [6.45, 7) is 3.27. The second-order valence-electron chi connectivity index (χ2n) is 20.6. The third-order valence-corrected chi connectivity index (χ3v) is 15.7. The van der Waals surface area contributed by atoms with E-state index in [-0.39, 0.29) is 45.5 Å². The lowest BCUT2D eigenvalue weighted by Crippen LogP contribution is -2.54. The van der Waals surface area contributed by atoms with Gasteiger partial charge in [0.1, 0.15) is 22.1 Å². The number of hydrogen-bond acceptors (Lipinski definition) is 8. The molecule has 0 saturated heterocycles. The average molecular weight is 1150 g/mol. The molecule has 0 radical (unpaired) electrons. The van der Waals surface area contributed by atoms with Crippen LogP contribution >= 0.6 is 0 Å². The fourth-order valence-electron chi connectivity index (χ4n) is 11.8. The summed E-state index contributed by atoms with van der Waals surface area (Å²) in [6, 6.07) is 36.1. The number of nitrogens with zero attached hydrogens (tertiary/aromatic N) is 4. The Morgan fingerprint density at radius 1 is 0.310 bits per heavy atom. The van der Waals surface area contributed by atoms with Gasteiger partial charge in [-0.25, -0.2) is 19.9 Å². The van der Waals surface area contributed by atoms with E-state index in [1.165, 1.54) is 12.1 Å². The van der Waals surface area contributed by atoms with Crippen LogP contribution in [0.25, 0.3) is 122 Å². The van der Waals surface area contributed by atoms with Crippen LogP contribution in [0.2, 0.25) is 0 Å². The van der Waals surface area contributed by atoms with Gasteiger partial charge in [-0.05, 0) is 136 Å². The molecule has 418 valence electrons. The summed E-state index contributed by atoms with van der Waals surface area (Å²) in [7, 11) is 0. The van der Waals surface area contributed by atoms with Gasteiger partial charge in [0.05, 0.1) is 0 Å². The number of rotatable bonds is 8. The van der Waals surface area contributed by atoms with E-state index < -0.39 is 57.8 Å². The monoisotopic (exact) mass is 1150 g/mol. The second-order valence-corrected chi connectivity index (χ2v) is 20.6. The Morgan fingerprint density at radius 3 is 1.04 bits per heavy atom. The van der Waals surface area contributed by atoms with E-state index in [1.807, 2.05) is 12.1 Å². The maximum Gasteiger partial charge on any atom is 0.411 e. The highest BCUT2D eigenvalue weighted by Gasteiger charge is 2.73. The molecule has 14 rings (SSSR count). The summed E-state index contributed by atoms with van der Waals surface area (Å²) in [4.78, 5) is 18.0. The van der Waals surface area contributed by atoms with Gasteiger partial charge in [-0.3, -0.25) is 0 Å². The van der Waals surface area contributed by atoms with Crippen molar-refractivity contribution in [3.63, 3.8) is 0 Å². The van der Waals surface area contributed by atoms with Gasteiger partial charge in [0, 0.05) is 45.2 Å². The molecular weight excluding hydrogens is 1120 g/mol. The Bertz CT molecular complexity index is 4890. The zero-order chi connectivity index (χ0) is 58.6. The second kappa shape index (κ2) is 17.9. The smallest absolute Gasteiger partial charge is 0.411 e. The topological polar surface area (TPSA) is 104 Å². The van der Waals surface area contributed by atoms with E-state index in [0.717, 1.165) is 96.1 Å². The minimum absolute atomic E-state index is 0.0305. The molecule has 0 fully saturated rings. The highest BCUT2D eigenvalue weighted by molar-refractivity contribution is 6.31. The van der Waals surface area contributed by atoms with Crippen LogP contribution < -0.4 is 0 Å². The maximum atomic E-state index is 15.4. The van der Waals surface area contributed by atoms with Crippen molar-refractivity contribution in [2.24, 2.45) is 0 Å². The molecule has 0 N–H and O–H groups in total. The van der Waals surface area contributed by atoms with Crippen molar-refractivity contribution in [3.05, 3.63) is 204 Å². The molecule has 0 spiro atoms. The molecule has 0 amide bonds. The van der Waals surface area contributed by atoms with Gasteiger partial charge in [0.15, 0.2) is 28.2 Å². The standard InChI is InChI=1S/C64H34F12N4O4/c1-31-3-15-40(16-4-31)59(61(65,66)67,62(68,69)70)41-19-9-34(10-20-41)57-79-48-27-38-5-6-39-28-49-55(45-24-23-44(54(48)83-57)52(38)53(39)45)84-58(80-49)35-11-21-43(22-12-35)60(63(71,72)73,64(74,75)76)42-17-7-33(8-18-42)56-78-47-26-14-37(30-51(47)82-56)36-13-25-46-50(29-36)81-32(2)77-46/h3-30H,1-2H3. The van der Waals surface area contributed by atoms with Crippen LogP contribution in [0, 0.1) is 13.8 Å². The Labute approximate surface area is 463 Å². The molecule has 20 heteroatoms. The highest BCUT2D eigenvalue weighted by atomic mass is 19.4. The molecule has 4 heterocycles. The number of benzene rings is 10. The quantitative estimate of drug-likeness (QED) is 0.109. The predicted octanol–water partition coefficient (Wildman–Crippen LogP) is 19.3. The van der Waals surface area contributed by atoms with Crippen molar-refractivity contribution in [1.82, 2.24) is 19.9 Å². The summed E-state index contributed by atoms with van der Waals surface area (Å²) in [5, 5.41) is 3.73. The van der Waals surface area contributed by atoms with Crippen molar-refractivity contribution in [2.45, 2.75) is 49.4 Å². The van der Waals surface area contributed by atoms with Gasteiger partial charge < -0.3 is 17.7 Å². The van der Waals surface area contributed by atoms with Crippen molar-refractivity contribution >= 4 is 76.7 Å². The predicted molar refractivity (Wildman–Crippen MR) is 290 cm³/mol. The van der Waals surface area contributed by atoms with Crippen LogP contribution in [0.15, 0.2) is 188 Å². The number of halogens is 12. The molecule has 84 heavy (non-hydrogen) atoms. The van der Waals surface area contributed by atoms with Crippen LogP contribution in [0.1, 0.15) is 33.7 Å². The highest BCUT2D eigenvalue weighted by Crippen LogP contribution is 2.58. The van der Waals surface area contributed by atoms with E-state index >= 15 is 26.3 Å². The molecule has 10 aromatic carbocycles. The number of aryl methyl sites for hydroxylation is 2. The van der Waals surface area contributed by atoms with Crippen LogP contribution in [0.3, 0.4) is 0 Å². The van der Waals surface area contributed by atoms with Crippen molar-refractivity contribution in [3.8, 4) is 45.5 Å². The van der Waals surface area contributed by atoms with Crippen LogP contribution in [0.4, 0.5) is 52.7 Å². The Morgan fingerprint density at radius 2 is 0.643 bits per heavy atom. The number of fused-ring (bicyclic) bond motifs is 6. The van der Waals surface area contributed by atoms with Crippen LogP contribution in [-0.4, -0.2) is 44.6 Å². The van der Waals surface area contributed by atoms with E-state index in [2.05, 4.69) is 19.9 Å². The molecule has 0 unspecified atom stereocenters. The lowest BCUT2D eigenvalue weighted by Gasteiger charge is -2.38. The SMILES string of the molecule is Cc1ccc(C(c2ccc(-c3nc4cc5ccc6cc7nc(-c8ccc(C(c9ccc(-c%10nc%11ccc(-c%12ccc%13nc(C)oc%13c%12)cc%11o%10)cc9)(C(F)(F)F)C(F)(F)F)cc8)oc7c7ccc(c4o3)c5c67)cc2)(C(F)(F)F)C(F)(F)F)cc1. The maximum absolute atomic E-state index is 15.4. The third kappa shape index (κ3) is 7.71. The van der Waals surface area contributed by atoms with Gasteiger partial charge in [0.25, 0.3) is 0 Å². The van der Waals surface area contributed by atoms with Crippen LogP contribution in [0.5, 0.6) is 0 Å². The minimum Gasteiger partial charge on any atom is -0.441 e. The first-order chi connectivity index (χ1) is 39.9. The summed E-state index contributed by atoms with van der Waals surface area (Å²) in [6.07, 6.45) is -23.4. The Balaban J connectivity index is 0.783. The van der Waals surface area contributed by atoms with Crippen LogP contribution in [-0.2, 0) is 10.8 Å². The van der Waals surface area contributed by atoms with E-state index in [4.69, 9.17) is 17.7 Å². The normalized spacial score (nSPS) is 13.4. The molecule has 4 aromatic heterocycles. The van der Waals surface area contributed by atoms with Gasteiger partial charge in [-0.1, -0.05) is 90.5 Å². The van der Waals surface area contributed by atoms with E-state index in [1.54, 1.807) is 74.5 Å². The van der Waals surface area contributed by atoms with E-state index in [9.17, 15) is 26.3 Å². The molecular formula is C64H34F12N4O4. The molecule has 0 aliphatic heterocycles. The van der Waals surface area contributed by atoms with Crippen molar-refractivity contribution in [1.29, 1.82) is 0 Å². The number of aromatic nitrogens is 4. The molecule has 14 aromatic rings. The van der Waals surface area contributed by atoms with Gasteiger partial charge in [0.2, 0.25) is 28.5 Å². The molecule has 0 aliphatic rings. The van der Waals surface area contributed by atoms with Gasteiger partial charge in [-0.15, -0.1) is 0 Å². The summed E-state index contributed by atoms with van der Waals surface area (Å²) in [5.41, 5.74) is -7.72. The third-order valence-electron chi connectivity index (χ3n) is 15.7. The molecule has 0 saturated carbocycles. The van der Waals surface area contributed by atoms with Crippen molar-refractivity contribution in [2.75, 3.05) is 0 Å². The Hall–Kier alpha value is -9.72. The fraction of sp³-hybridized carbons (Fsp3) is 0.125.